The smallest absolute Gasteiger partial charge is 0.410 e. The molecule has 0 radical (unpaired) electrons. The van der Waals surface area contributed by atoms with Crippen molar-refractivity contribution in [3.05, 3.63) is 132 Å². The Labute approximate surface area is 789 Å². The highest BCUT2D eigenvalue weighted by Crippen LogP contribution is 2.48. The van der Waals surface area contributed by atoms with Crippen LogP contribution in [-0.4, -0.2) is 262 Å². The van der Waals surface area contributed by atoms with Crippen LogP contribution in [0.25, 0.3) is 88.4 Å². The van der Waals surface area contributed by atoms with E-state index >= 15 is 0 Å². The minimum atomic E-state index is -1.17. The Bertz CT molecular complexity index is 6010. The number of rotatable bonds is 27. The van der Waals surface area contributed by atoms with E-state index in [0.29, 0.717) is 70.7 Å². The predicted octanol–water partition coefficient (Wildman–Crippen LogP) is 14.6. The molecule has 10 N–H and O–H groups in total. The van der Waals surface area contributed by atoms with Crippen molar-refractivity contribution < 1.29 is 101 Å². The van der Waals surface area contributed by atoms with E-state index in [9.17, 15) is 43.5 Å². The summed E-state index contributed by atoms with van der Waals surface area (Å²) in [6.45, 7) is 25.2. The van der Waals surface area contributed by atoms with Crippen molar-refractivity contribution in [3.8, 4) is 56.3 Å². The SMILES string of the molecule is CC[C@H](C)[C@H](NC(=O)OC)C(=O)N1C[C@@H](C)CC1c1ncc(-c2ccc3c(c2)COc2cc4c(ccc5[nH]c([C@@H]6C[C@H](COC)CN6C(=O)OC(C)(C)C)nc54)cc2-3)[nH]1.CC[C@H](C)[C@H](NC(=O)OC)C(=O)N1C[C@@H](C)CC1c1ncc(-c2ccc3c(c2)COc2cc4c(ccc5[nH]c([C@@H]6C[C@H](COC)CN6C(O)[C@@H](NC(=O)OC)[C@@H](C)OC)nc54)cc2-3)[nH]1.COC(=O)N[C@H](C(=O)O)[C@@H](C)OC. The molecule has 7 amide bonds. The number of nitrogens with zero attached hydrogens (tertiary/aromatic N) is 8. The maximum Gasteiger partial charge on any atom is 0.410 e. The maximum atomic E-state index is 14.0. The van der Waals surface area contributed by atoms with Gasteiger partial charge < -0.3 is 113 Å². The molecular formula is C99H128N16O21. The van der Waals surface area contributed by atoms with E-state index in [0.717, 1.165) is 162 Å². The van der Waals surface area contributed by atoms with Crippen LogP contribution in [-0.2, 0) is 70.2 Å². The van der Waals surface area contributed by atoms with Crippen molar-refractivity contribution in [2.45, 2.75) is 200 Å². The van der Waals surface area contributed by atoms with Crippen LogP contribution in [0.15, 0.2) is 97.3 Å². The third-order valence-corrected chi connectivity index (χ3v) is 27.1. The molecule has 6 aliphatic heterocycles. The number of ether oxygens (including phenoxy) is 11. The molecule has 0 saturated carbocycles. The molecule has 0 spiro atoms. The van der Waals surface area contributed by atoms with Crippen LogP contribution in [0.5, 0.6) is 11.5 Å². The number of nitrogens with one attached hydrogen (secondary N) is 8. The van der Waals surface area contributed by atoms with E-state index in [4.69, 9.17) is 72.4 Å². The fraction of sp³-hybridized carbons (Fsp3) is 0.515. The van der Waals surface area contributed by atoms with Crippen molar-refractivity contribution in [1.82, 2.24) is 80.7 Å². The number of aromatic amines is 4. The van der Waals surface area contributed by atoms with E-state index in [1.807, 2.05) is 87.7 Å². The highest BCUT2D eigenvalue weighted by Gasteiger charge is 2.47. The van der Waals surface area contributed by atoms with Gasteiger partial charge in [-0.15, -0.1) is 0 Å². The molecule has 0 bridgehead atoms. The Balaban J connectivity index is 0.000000193. The Hall–Kier alpha value is -12.7. The standard InChI is InChI=1S/C47H60N8O9.C45H55N7O7.C7H13NO5/c1-9-25(3)39(52-46(58)62-7)44(56)54-20-24(2)14-36(54)42-48-19-35(50-42)29-10-12-31-30(16-29)23-64-38-18-32-28(17-33(31)38)11-13-34-41(32)51-43(49-34)37-15-27(22-60-5)21-55(37)45(57)40(26(4)61-6)53-47(59)63-8;1-9-25(3)38(50-43(54)57-8)42(53)51-20-24(2)14-35(51)40-46-19-34(48-40)28-10-12-30-29(16-28)23-58-37-18-31-27(17-32(30)37)11-13-33-39(31)49-41(47-33)36-15-26(22-56-7)21-52(36)44(55)59-45(4,5)6;1-4(12-2)5(6(9)10)8-7(11)13-3/h10-13,16-19,24-27,36-37,39-40,45,57H,9,14-15,20-23H2,1-8H3,(H,48,50)(H,49,51)(H,52,58)(H,53,59);10-13,16-19,24-26,35-36,38H,9,14-15,20-23H2,1-8H3,(H,46,48)(H,47,49)(H,50,54);4-5H,1-3H3,(H,8,11)(H,9,10)/t24-,25-,26+,27-,36?,37-,39-,40-,45?;24-,25-,26-,35?,36-,38-;4-,5+/m001/s1. The number of amides is 7. The van der Waals surface area contributed by atoms with Gasteiger partial charge in [-0.3, -0.25) is 19.4 Å². The Morgan fingerprint density at radius 3 is 1.35 bits per heavy atom. The molecular weight excluding hydrogens is 1750 g/mol. The van der Waals surface area contributed by atoms with Gasteiger partial charge in [-0.1, -0.05) is 90.8 Å². The fourth-order valence-corrected chi connectivity index (χ4v) is 19.4. The monoisotopic (exact) mass is 1880 g/mol. The van der Waals surface area contributed by atoms with Crippen LogP contribution in [0.2, 0.25) is 0 Å². The number of carbonyl (C=O) groups is 8. The van der Waals surface area contributed by atoms with Crippen molar-refractivity contribution in [3.63, 3.8) is 0 Å². The number of fused-ring (bicyclic) bond motifs is 12. The van der Waals surface area contributed by atoms with Crippen LogP contribution in [0.1, 0.15) is 173 Å². The lowest BCUT2D eigenvalue weighted by atomic mass is 9.92. The summed E-state index contributed by atoms with van der Waals surface area (Å²) in [5, 5.41) is 34.8. The highest BCUT2D eigenvalue weighted by atomic mass is 16.6. The summed E-state index contributed by atoms with van der Waals surface area (Å²) < 4.78 is 58.8. The van der Waals surface area contributed by atoms with Gasteiger partial charge in [-0.2, -0.15) is 0 Å². The second-order valence-corrected chi connectivity index (χ2v) is 37.6. The van der Waals surface area contributed by atoms with Crippen LogP contribution < -0.4 is 30.7 Å². The lowest BCUT2D eigenvalue weighted by Crippen LogP contribution is -2.57. The average molecular weight is 1880 g/mol. The summed E-state index contributed by atoms with van der Waals surface area (Å²) in [6.07, 6.45) is 2.72. The van der Waals surface area contributed by atoms with Crippen LogP contribution in [0, 0.1) is 35.5 Å². The molecule has 16 rings (SSSR count). The van der Waals surface area contributed by atoms with Gasteiger partial charge in [0.15, 0.2) is 6.04 Å². The summed E-state index contributed by atoms with van der Waals surface area (Å²) >= 11 is 0. The number of carboxylic acids is 1. The molecule has 17 atom stereocenters. The lowest BCUT2D eigenvalue weighted by molar-refractivity contribution is -0.142. The summed E-state index contributed by atoms with van der Waals surface area (Å²) in [7, 11) is 11.3. The molecule has 3 unspecified atom stereocenters. The number of carbonyl (C=O) groups excluding carboxylic acids is 7. The van der Waals surface area contributed by atoms with Gasteiger partial charge in [0.1, 0.15) is 71.9 Å². The molecule has 6 aromatic carbocycles. The first-order chi connectivity index (χ1) is 65.1. The number of aromatic nitrogens is 8. The normalized spacial score (nSPS) is 20.9. The zero-order chi connectivity index (χ0) is 97.6. The number of likely N-dealkylation sites (tertiary alicyclic amines) is 4. The largest absolute Gasteiger partial charge is 0.488 e. The topological polar surface area (TPSA) is 454 Å². The van der Waals surface area contributed by atoms with Gasteiger partial charge >= 0.3 is 36.4 Å². The number of hydrogen-bond donors (Lipinski definition) is 10. The second-order valence-electron chi connectivity index (χ2n) is 37.6. The zero-order valence-electron chi connectivity index (χ0n) is 80.7. The van der Waals surface area contributed by atoms with Crippen molar-refractivity contribution in [1.29, 1.82) is 0 Å². The van der Waals surface area contributed by atoms with E-state index in [1.165, 1.54) is 42.5 Å². The van der Waals surface area contributed by atoms with E-state index < -0.39 is 78.5 Å². The summed E-state index contributed by atoms with van der Waals surface area (Å²) in [5.74, 6) is 3.63. The molecule has 6 aliphatic rings. The fourth-order valence-electron chi connectivity index (χ4n) is 19.4. The number of hydrogen-bond acceptors (Lipinski definition) is 25. The number of carboxylic acid groups (broad SMARTS) is 1. The first-order valence-corrected chi connectivity index (χ1v) is 46.4. The van der Waals surface area contributed by atoms with Gasteiger partial charge in [0.25, 0.3) is 0 Å². The Morgan fingerprint density at radius 2 is 0.919 bits per heavy atom. The molecule has 37 nitrogen and oxygen atoms in total. The van der Waals surface area contributed by atoms with Crippen molar-refractivity contribution in [2.24, 2.45) is 35.5 Å². The summed E-state index contributed by atoms with van der Waals surface area (Å²) in [5.41, 5.74) is 12.6. The van der Waals surface area contributed by atoms with Gasteiger partial charge in [0.05, 0.1) is 130 Å². The third kappa shape index (κ3) is 21.4. The third-order valence-electron chi connectivity index (χ3n) is 27.1. The molecule has 10 aromatic rings. The van der Waals surface area contributed by atoms with Crippen LogP contribution in [0.3, 0.4) is 0 Å². The minimum Gasteiger partial charge on any atom is -0.488 e. The van der Waals surface area contributed by atoms with E-state index in [1.54, 1.807) is 26.0 Å². The van der Waals surface area contributed by atoms with Crippen LogP contribution >= 0.6 is 0 Å². The lowest BCUT2D eigenvalue weighted by Gasteiger charge is -2.36. The number of benzene rings is 6. The molecule has 4 saturated heterocycles. The van der Waals surface area contributed by atoms with Gasteiger partial charge in [0, 0.05) is 82.4 Å². The molecule has 37 heteroatoms. The number of aliphatic carboxylic acids is 1. The summed E-state index contributed by atoms with van der Waals surface area (Å²) in [6, 6.07) is 25.0. The predicted molar refractivity (Wildman–Crippen MR) is 506 cm³/mol. The number of methoxy groups -OCH3 is 8. The first-order valence-electron chi connectivity index (χ1n) is 46.4. The maximum absolute atomic E-state index is 14.0. The molecule has 0 aliphatic carbocycles. The number of imidazole rings is 4. The minimum absolute atomic E-state index is 0.0690. The molecule has 4 aromatic heterocycles. The Kier molecular flexibility index (Phi) is 31.2. The van der Waals surface area contributed by atoms with Gasteiger partial charge in [-0.25, -0.2) is 48.7 Å². The number of H-pyrrole nitrogens is 4. The molecule has 4 fully saturated rings. The first kappa shape index (κ1) is 99.3. The molecule has 10 heterocycles. The molecule has 730 valence electrons. The zero-order valence-corrected chi connectivity index (χ0v) is 80.7. The van der Waals surface area contributed by atoms with E-state index in [-0.39, 0.29) is 77.6 Å². The van der Waals surface area contributed by atoms with Gasteiger partial charge in [0.2, 0.25) is 11.8 Å². The van der Waals surface area contributed by atoms with E-state index in [2.05, 4.69) is 133 Å². The second kappa shape index (κ2) is 42.7. The van der Waals surface area contributed by atoms with Crippen molar-refractivity contribution >= 4 is 91.9 Å². The molecule has 136 heavy (non-hydrogen) atoms. The Morgan fingerprint density at radius 1 is 0.493 bits per heavy atom. The summed E-state index contributed by atoms with van der Waals surface area (Å²) in [4.78, 5) is 141. The number of aliphatic hydroxyl groups excluding tert-OH is 1. The van der Waals surface area contributed by atoms with Crippen LogP contribution in [0.4, 0.5) is 24.0 Å². The number of aliphatic hydroxyl groups is 1. The average Bonchev–Trinajstić information content (AvgIpc) is 1.47. The highest BCUT2D eigenvalue weighted by molar-refractivity contribution is 6.08. The van der Waals surface area contributed by atoms with Gasteiger partial charge in [-0.05, 0) is 183 Å². The van der Waals surface area contributed by atoms with Crippen molar-refractivity contribution in [2.75, 3.05) is 96.3 Å². The quantitative estimate of drug-likeness (QED) is 0.0214. The number of alkyl carbamates (subject to hydrolysis) is 4.